The van der Waals surface area contributed by atoms with Crippen LogP contribution in [0.15, 0.2) is 30.5 Å². The van der Waals surface area contributed by atoms with E-state index in [1.807, 2.05) is 31.4 Å². The van der Waals surface area contributed by atoms with E-state index in [0.29, 0.717) is 0 Å². The molecule has 1 N–H and O–H groups in total. The summed E-state index contributed by atoms with van der Waals surface area (Å²) in [6.07, 6.45) is 2.67. The molecule has 0 unspecified atom stereocenters. The molecule has 17 heavy (non-hydrogen) atoms. The number of halogens is 1. The van der Waals surface area contributed by atoms with E-state index in [9.17, 15) is 0 Å². The van der Waals surface area contributed by atoms with Crippen molar-refractivity contribution in [3.63, 3.8) is 0 Å². The summed E-state index contributed by atoms with van der Waals surface area (Å²) in [7, 11) is 1.96. The number of hydrogen-bond donors (Lipinski definition) is 1. The summed E-state index contributed by atoms with van der Waals surface area (Å²) in [5.41, 5.74) is 2.13. The minimum atomic E-state index is 0.00937. The van der Waals surface area contributed by atoms with Gasteiger partial charge in [-0.2, -0.15) is 0 Å². The van der Waals surface area contributed by atoms with Crippen LogP contribution in [0, 0.1) is 0 Å². The highest BCUT2D eigenvalue weighted by Crippen LogP contribution is 2.27. The molecule has 1 aromatic carbocycles. The van der Waals surface area contributed by atoms with E-state index in [2.05, 4.69) is 30.2 Å². The van der Waals surface area contributed by atoms with E-state index >= 15 is 0 Å². The standard InChI is InChI=1S/C14H17ClN2/c1-14(2,16-3)9-11-12(15)7-6-10-5-4-8-17-13(10)11/h4-8,16H,9H2,1-3H3. The third kappa shape index (κ3) is 2.59. The summed E-state index contributed by atoms with van der Waals surface area (Å²) >= 11 is 6.30. The number of likely N-dealkylation sites (N-methyl/N-ethyl adjacent to an activating group) is 1. The average molecular weight is 249 g/mol. The molecule has 2 nitrogen and oxygen atoms in total. The fraction of sp³-hybridized carbons (Fsp3) is 0.357. The van der Waals surface area contributed by atoms with Crippen molar-refractivity contribution in [2.24, 2.45) is 0 Å². The number of aromatic nitrogens is 1. The van der Waals surface area contributed by atoms with Crippen LogP contribution in [0.3, 0.4) is 0 Å². The largest absolute Gasteiger partial charge is 0.314 e. The molecule has 3 heteroatoms. The van der Waals surface area contributed by atoms with Gasteiger partial charge in [-0.05, 0) is 45.0 Å². The van der Waals surface area contributed by atoms with Gasteiger partial charge in [-0.3, -0.25) is 4.98 Å². The quantitative estimate of drug-likeness (QED) is 0.900. The van der Waals surface area contributed by atoms with Gasteiger partial charge in [-0.25, -0.2) is 0 Å². The molecule has 90 valence electrons. The molecule has 1 heterocycles. The lowest BCUT2D eigenvalue weighted by atomic mass is 9.93. The van der Waals surface area contributed by atoms with Crippen LogP contribution in [-0.4, -0.2) is 17.6 Å². The lowest BCUT2D eigenvalue weighted by Gasteiger charge is -2.25. The first-order valence-corrected chi connectivity index (χ1v) is 6.12. The van der Waals surface area contributed by atoms with E-state index in [-0.39, 0.29) is 5.54 Å². The zero-order chi connectivity index (χ0) is 12.5. The second kappa shape index (κ2) is 4.63. The molecule has 0 radical (unpaired) electrons. The van der Waals surface area contributed by atoms with Crippen LogP contribution in [0.5, 0.6) is 0 Å². The Morgan fingerprint density at radius 3 is 2.76 bits per heavy atom. The second-order valence-corrected chi connectivity index (χ2v) is 5.32. The third-order valence-corrected chi connectivity index (χ3v) is 3.47. The van der Waals surface area contributed by atoms with E-state index < -0.39 is 0 Å². The summed E-state index contributed by atoms with van der Waals surface area (Å²) in [4.78, 5) is 4.45. The first-order valence-electron chi connectivity index (χ1n) is 5.74. The monoisotopic (exact) mass is 248 g/mol. The van der Waals surface area contributed by atoms with Crippen LogP contribution in [0.2, 0.25) is 5.02 Å². The average Bonchev–Trinajstić information content (AvgIpc) is 2.33. The molecular formula is C14H17ClN2. The predicted octanol–water partition coefficient (Wildman–Crippen LogP) is 3.43. The fourth-order valence-electron chi connectivity index (χ4n) is 1.88. The molecular weight excluding hydrogens is 232 g/mol. The Balaban J connectivity index is 2.55. The fourth-order valence-corrected chi connectivity index (χ4v) is 2.10. The highest BCUT2D eigenvalue weighted by molar-refractivity contribution is 6.32. The summed E-state index contributed by atoms with van der Waals surface area (Å²) in [6.45, 7) is 4.32. The number of fused-ring (bicyclic) bond motifs is 1. The Hall–Kier alpha value is -1.12. The van der Waals surface area contributed by atoms with Gasteiger partial charge in [0.05, 0.1) is 5.52 Å². The minimum Gasteiger partial charge on any atom is -0.314 e. The molecule has 0 saturated heterocycles. The van der Waals surface area contributed by atoms with Crippen molar-refractivity contribution in [2.75, 3.05) is 7.05 Å². The predicted molar refractivity (Wildman–Crippen MR) is 73.6 cm³/mol. The number of rotatable bonds is 3. The highest BCUT2D eigenvalue weighted by atomic mass is 35.5. The molecule has 0 aliphatic heterocycles. The second-order valence-electron chi connectivity index (χ2n) is 4.91. The number of pyridine rings is 1. The van der Waals surface area contributed by atoms with Crippen molar-refractivity contribution in [2.45, 2.75) is 25.8 Å². The summed E-state index contributed by atoms with van der Waals surface area (Å²) in [5.74, 6) is 0. The van der Waals surface area contributed by atoms with Crippen molar-refractivity contribution in [1.82, 2.24) is 10.3 Å². The maximum absolute atomic E-state index is 6.30. The van der Waals surface area contributed by atoms with Crippen LogP contribution < -0.4 is 5.32 Å². The van der Waals surface area contributed by atoms with Crippen LogP contribution >= 0.6 is 11.6 Å². The molecule has 0 atom stereocenters. The summed E-state index contributed by atoms with van der Waals surface area (Å²) in [6, 6.07) is 7.98. The van der Waals surface area contributed by atoms with Crippen LogP contribution in [0.1, 0.15) is 19.4 Å². The number of nitrogens with zero attached hydrogens (tertiary/aromatic N) is 1. The van der Waals surface area contributed by atoms with Crippen molar-refractivity contribution < 1.29 is 0 Å². The third-order valence-electron chi connectivity index (χ3n) is 3.12. The summed E-state index contributed by atoms with van der Waals surface area (Å²) in [5, 5.41) is 5.22. The van der Waals surface area contributed by atoms with Gasteiger partial charge in [-0.1, -0.05) is 23.7 Å². The van der Waals surface area contributed by atoms with E-state index in [1.54, 1.807) is 0 Å². The molecule has 0 bridgehead atoms. The van der Waals surface area contributed by atoms with Crippen LogP contribution in [-0.2, 0) is 6.42 Å². The van der Waals surface area contributed by atoms with Gasteiger partial charge in [0.2, 0.25) is 0 Å². The van der Waals surface area contributed by atoms with Gasteiger partial charge < -0.3 is 5.32 Å². The van der Waals surface area contributed by atoms with Gasteiger partial charge >= 0.3 is 0 Å². The zero-order valence-electron chi connectivity index (χ0n) is 10.4. The minimum absolute atomic E-state index is 0.00937. The number of benzene rings is 1. The molecule has 0 fully saturated rings. The molecule has 2 aromatic rings. The van der Waals surface area contributed by atoms with Gasteiger partial charge in [-0.15, -0.1) is 0 Å². The number of nitrogens with one attached hydrogen (secondary N) is 1. The van der Waals surface area contributed by atoms with Crippen LogP contribution in [0.25, 0.3) is 10.9 Å². The van der Waals surface area contributed by atoms with Crippen molar-refractivity contribution >= 4 is 22.5 Å². The Bertz CT molecular complexity index is 535. The maximum Gasteiger partial charge on any atom is 0.0749 e. The van der Waals surface area contributed by atoms with Gasteiger partial charge in [0.15, 0.2) is 0 Å². The normalized spacial score (nSPS) is 12.0. The zero-order valence-corrected chi connectivity index (χ0v) is 11.2. The first kappa shape index (κ1) is 12.3. The highest BCUT2D eigenvalue weighted by Gasteiger charge is 2.19. The Kier molecular flexibility index (Phi) is 3.36. The van der Waals surface area contributed by atoms with E-state index in [0.717, 1.165) is 27.9 Å². The molecule has 1 aromatic heterocycles. The smallest absolute Gasteiger partial charge is 0.0749 e. The lowest BCUT2D eigenvalue weighted by Crippen LogP contribution is -2.38. The Labute approximate surface area is 107 Å². The molecule has 2 rings (SSSR count). The maximum atomic E-state index is 6.30. The Morgan fingerprint density at radius 2 is 2.06 bits per heavy atom. The SMILES string of the molecule is CNC(C)(C)Cc1c(Cl)ccc2cccnc12. The molecule has 0 spiro atoms. The van der Waals surface area contributed by atoms with Gasteiger partial charge in [0, 0.05) is 22.1 Å². The van der Waals surface area contributed by atoms with Gasteiger partial charge in [0.25, 0.3) is 0 Å². The van der Waals surface area contributed by atoms with E-state index in [1.165, 1.54) is 0 Å². The molecule has 0 amide bonds. The molecule has 0 aliphatic carbocycles. The van der Waals surface area contributed by atoms with Gasteiger partial charge in [0.1, 0.15) is 0 Å². The summed E-state index contributed by atoms with van der Waals surface area (Å²) < 4.78 is 0. The Morgan fingerprint density at radius 1 is 1.29 bits per heavy atom. The number of hydrogen-bond acceptors (Lipinski definition) is 2. The lowest BCUT2D eigenvalue weighted by molar-refractivity contribution is 0.423. The van der Waals surface area contributed by atoms with E-state index in [4.69, 9.17) is 11.6 Å². The topological polar surface area (TPSA) is 24.9 Å². The molecule has 0 aliphatic rings. The van der Waals surface area contributed by atoms with Crippen molar-refractivity contribution in [1.29, 1.82) is 0 Å². The van der Waals surface area contributed by atoms with Crippen molar-refractivity contribution in [3.8, 4) is 0 Å². The van der Waals surface area contributed by atoms with Crippen LogP contribution in [0.4, 0.5) is 0 Å². The molecule has 0 saturated carbocycles. The first-order chi connectivity index (χ1) is 8.03. The van der Waals surface area contributed by atoms with Crippen molar-refractivity contribution in [3.05, 3.63) is 41.0 Å².